The standard InChI is InChI=1S/C21H30ClFN2O3/c1-15-12-24(13-16(2)28-15)14-17-5-8-25(9-6-17)21(26)7-10-27-20-4-3-18(23)11-19(20)22/h3-4,11,15-17H,5-10,12-14H2,1-2H3. The number of halogens is 2. The minimum absolute atomic E-state index is 0.102. The van der Waals surface area contributed by atoms with E-state index < -0.39 is 5.82 Å². The van der Waals surface area contributed by atoms with Crippen LogP contribution in [-0.4, -0.2) is 67.2 Å². The molecular weight excluding hydrogens is 383 g/mol. The first kappa shape index (κ1) is 21.3. The average molecular weight is 413 g/mol. The molecule has 1 aromatic rings. The van der Waals surface area contributed by atoms with Crippen molar-refractivity contribution >= 4 is 17.5 Å². The highest BCUT2D eigenvalue weighted by Gasteiger charge is 2.27. The minimum Gasteiger partial charge on any atom is -0.491 e. The normalized spacial score (nSPS) is 24.4. The smallest absolute Gasteiger partial charge is 0.225 e. The lowest BCUT2D eigenvalue weighted by atomic mass is 9.95. The van der Waals surface area contributed by atoms with E-state index in [1.165, 1.54) is 18.2 Å². The lowest BCUT2D eigenvalue weighted by molar-refractivity contribution is -0.133. The van der Waals surface area contributed by atoms with Crippen molar-refractivity contribution in [1.29, 1.82) is 0 Å². The number of likely N-dealkylation sites (tertiary alicyclic amines) is 1. The number of hydrogen-bond acceptors (Lipinski definition) is 4. The van der Waals surface area contributed by atoms with E-state index in [-0.39, 0.29) is 17.5 Å². The van der Waals surface area contributed by atoms with Crippen LogP contribution < -0.4 is 4.74 Å². The SMILES string of the molecule is CC1CN(CC2CCN(C(=O)CCOc3ccc(F)cc3Cl)CC2)CC(C)O1. The fourth-order valence-electron chi connectivity index (χ4n) is 4.16. The summed E-state index contributed by atoms with van der Waals surface area (Å²) in [7, 11) is 0. The van der Waals surface area contributed by atoms with Gasteiger partial charge in [-0.1, -0.05) is 11.6 Å². The summed E-state index contributed by atoms with van der Waals surface area (Å²) < 4.78 is 24.4. The molecule has 7 heteroatoms. The van der Waals surface area contributed by atoms with Crippen molar-refractivity contribution in [2.24, 2.45) is 5.92 Å². The van der Waals surface area contributed by atoms with Crippen LogP contribution in [0.5, 0.6) is 5.75 Å². The van der Waals surface area contributed by atoms with E-state index in [0.29, 0.717) is 30.3 Å². The highest BCUT2D eigenvalue weighted by molar-refractivity contribution is 6.32. The summed E-state index contributed by atoms with van der Waals surface area (Å²) in [5.41, 5.74) is 0. The van der Waals surface area contributed by atoms with Crippen molar-refractivity contribution in [2.75, 3.05) is 39.3 Å². The molecule has 2 heterocycles. The summed E-state index contributed by atoms with van der Waals surface area (Å²) in [6.07, 6.45) is 2.96. The summed E-state index contributed by atoms with van der Waals surface area (Å²) in [5, 5.41) is 0.222. The number of nitrogens with zero attached hydrogens (tertiary/aromatic N) is 2. The van der Waals surface area contributed by atoms with Crippen LogP contribution in [0.4, 0.5) is 4.39 Å². The van der Waals surface area contributed by atoms with Crippen LogP contribution in [-0.2, 0) is 9.53 Å². The fourth-order valence-corrected chi connectivity index (χ4v) is 4.38. The number of morpholine rings is 1. The molecule has 2 saturated heterocycles. The molecule has 2 fully saturated rings. The van der Waals surface area contributed by atoms with Gasteiger partial charge in [-0.05, 0) is 50.8 Å². The van der Waals surface area contributed by atoms with Gasteiger partial charge in [0.1, 0.15) is 11.6 Å². The summed E-state index contributed by atoms with van der Waals surface area (Å²) >= 11 is 5.94. The molecule has 0 N–H and O–H groups in total. The Morgan fingerprint density at radius 3 is 2.57 bits per heavy atom. The molecule has 156 valence electrons. The lowest BCUT2D eigenvalue weighted by Crippen LogP contribution is -2.48. The van der Waals surface area contributed by atoms with Crippen LogP contribution in [0, 0.1) is 11.7 Å². The Balaban J connectivity index is 1.36. The number of benzene rings is 1. The zero-order valence-corrected chi connectivity index (χ0v) is 17.5. The lowest BCUT2D eigenvalue weighted by Gasteiger charge is -2.39. The highest BCUT2D eigenvalue weighted by Crippen LogP contribution is 2.25. The van der Waals surface area contributed by atoms with Gasteiger partial charge in [-0.3, -0.25) is 9.69 Å². The van der Waals surface area contributed by atoms with E-state index in [1.807, 2.05) is 4.90 Å². The zero-order valence-electron chi connectivity index (χ0n) is 16.7. The quantitative estimate of drug-likeness (QED) is 0.716. The van der Waals surface area contributed by atoms with Gasteiger partial charge in [0, 0.05) is 32.7 Å². The molecule has 5 nitrogen and oxygen atoms in total. The number of hydrogen-bond donors (Lipinski definition) is 0. The molecule has 2 aliphatic rings. The molecule has 0 bridgehead atoms. The van der Waals surface area contributed by atoms with E-state index in [0.717, 1.165) is 45.6 Å². The van der Waals surface area contributed by atoms with Crippen molar-refractivity contribution in [1.82, 2.24) is 9.80 Å². The third-order valence-electron chi connectivity index (χ3n) is 5.45. The number of ether oxygens (including phenoxy) is 2. The van der Waals surface area contributed by atoms with Gasteiger partial charge in [0.15, 0.2) is 0 Å². The molecule has 2 aliphatic heterocycles. The number of amides is 1. The molecule has 0 spiro atoms. The van der Waals surface area contributed by atoms with E-state index in [4.69, 9.17) is 21.1 Å². The number of carbonyl (C=O) groups excluding carboxylic acids is 1. The predicted octanol–water partition coefficient (Wildman–Crippen LogP) is 3.60. The maximum Gasteiger partial charge on any atom is 0.225 e. The Hall–Kier alpha value is -1.37. The summed E-state index contributed by atoms with van der Waals surface area (Å²) in [6.45, 7) is 9.18. The molecular formula is C21H30ClFN2O3. The molecule has 0 aromatic heterocycles. The maximum atomic E-state index is 13.0. The van der Waals surface area contributed by atoms with Gasteiger partial charge in [0.2, 0.25) is 5.91 Å². The van der Waals surface area contributed by atoms with Crippen LogP contribution in [0.25, 0.3) is 0 Å². The molecule has 1 aromatic carbocycles. The van der Waals surface area contributed by atoms with E-state index in [9.17, 15) is 9.18 Å². The molecule has 0 radical (unpaired) electrons. The van der Waals surface area contributed by atoms with Crippen molar-refractivity contribution in [2.45, 2.75) is 45.3 Å². The fraction of sp³-hybridized carbons (Fsp3) is 0.667. The van der Waals surface area contributed by atoms with Gasteiger partial charge >= 0.3 is 0 Å². The molecule has 2 atom stereocenters. The van der Waals surface area contributed by atoms with Gasteiger partial charge in [0.25, 0.3) is 0 Å². The summed E-state index contributed by atoms with van der Waals surface area (Å²) in [5.74, 6) is 0.738. The van der Waals surface area contributed by atoms with Crippen molar-refractivity contribution in [3.8, 4) is 5.75 Å². The third kappa shape index (κ3) is 6.06. The second kappa shape index (κ2) is 9.90. The van der Waals surface area contributed by atoms with Crippen LogP contribution in [0.15, 0.2) is 18.2 Å². The van der Waals surface area contributed by atoms with Crippen LogP contribution in [0.1, 0.15) is 33.1 Å². The first-order valence-corrected chi connectivity index (χ1v) is 10.5. The number of rotatable bonds is 6. The first-order valence-electron chi connectivity index (χ1n) is 10.1. The van der Waals surface area contributed by atoms with Gasteiger partial charge in [-0.25, -0.2) is 4.39 Å². The molecule has 3 rings (SSSR count). The van der Waals surface area contributed by atoms with Crippen LogP contribution in [0.2, 0.25) is 5.02 Å². The Morgan fingerprint density at radius 2 is 1.93 bits per heavy atom. The number of carbonyl (C=O) groups is 1. The Morgan fingerprint density at radius 1 is 1.25 bits per heavy atom. The Bertz CT molecular complexity index is 657. The van der Waals surface area contributed by atoms with E-state index in [1.54, 1.807) is 0 Å². The minimum atomic E-state index is -0.405. The van der Waals surface area contributed by atoms with E-state index in [2.05, 4.69) is 18.7 Å². The second-order valence-electron chi connectivity index (χ2n) is 7.97. The van der Waals surface area contributed by atoms with Crippen molar-refractivity contribution < 1.29 is 18.7 Å². The largest absolute Gasteiger partial charge is 0.491 e. The predicted molar refractivity (Wildman–Crippen MR) is 107 cm³/mol. The third-order valence-corrected chi connectivity index (χ3v) is 5.74. The Labute approximate surface area is 171 Å². The molecule has 0 saturated carbocycles. The topological polar surface area (TPSA) is 42.0 Å². The monoisotopic (exact) mass is 412 g/mol. The maximum absolute atomic E-state index is 13.0. The van der Waals surface area contributed by atoms with Crippen LogP contribution in [0.3, 0.4) is 0 Å². The van der Waals surface area contributed by atoms with Gasteiger partial charge < -0.3 is 14.4 Å². The van der Waals surface area contributed by atoms with Gasteiger partial charge in [-0.2, -0.15) is 0 Å². The summed E-state index contributed by atoms with van der Waals surface area (Å²) in [6, 6.07) is 3.99. The highest BCUT2D eigenvalue weighted by atomic mass is 35.5. The average Bonchev–Trinajstić information content (AvgIpc) is 2.63. The molecule has 2 unspecified atom stereocenters. The molecule has 0 aliphatic carbocycles. The van der Waals surface area contributed by atoms with Crippen molar-refractivity contribution in [3.63, 3.8) is 0 Å². The van der Waals surface area contributed by atoms with Gasteiger partial charge in [0.05, 0.1) is 30.3 Å². The van der Waals surface area contributed by atoms with Crippen LogP contribution >= 0.6 is 11.6 Å². The number of piperidine rings is 1. The first-order chi connectivity index (χ1) is 13.4. The summed E-state index contributed by atoms with van der Waals surface area (Å²) in [4.78, 5) is 16.9. The van der Waals surface area contributed by atoms with Gasteiger partial charge in [-0.15, -0.1) is 0 Å². The molecule has 1 amide bonds. The zero-order chi connectivity index (χ0) is 20.1. The molecule has 28 heavy (non-hydrogen) atoms. The van der Waals surface area contributed by atoms with E-state index >= 15 is 0 Å². The second-order valence-corrected chi connectivity index (χ2v) is 8.38. The Kier molecular flexibility index (Phi) is 7.55. The van der Waals surface area contributed by atoms with Crippen molar-refractivity contribution in [3.05, 3.63) is 29.0 Å².